The van der Waals surface area contributed by atoms with Crippen LogP contribution in [0.15, 0.2) is 42.5 Å². The van der Waals surface area contributed by atoms with E-state index in [1.165, 1.54) is 17.0 Å². The molecule has 4 nitrogen and oxygen atoms in total. The lowest BCUT2D eigenvalue weighted by Gasteiger charge is -2.32. The van der Waals surface area contributed by atoms with Crippen LogP contribution in [0.3, 0.4) is 0 Å². The zero-order valence-corrected chi connectivity index (χ0v) is 16.1. The Morgan fingerprint density at radius 3 is 2.35 bits per heavy atom. The molecule has 140 valence electrons. The van der Waals surface area contributed by atoms with Crippen molar-refractivity contribution in [3.05, 3.63) is 59.4 Å². The van der Waals surface area contributed by atoms with E-state index < -0.39 is 0 Å². The highest BCUT2D eigenvalue weighted by Gasteiger charge is 2.20. The van der Waals surface area contributed by atoms with Crippen molar-refractivity contribution in [3.8, 4) is 0 Å². The predicted molar refractivity (Wildman–Crippen MR) is 106 cm³/mol. The quantitative estimate of drug-likeness (QED) is 0.825. The molecule has 0 bridgehead atoms. The molecule has 0 spiro atoms. The predicted octanol–water partition coefficient (Wildman–Crippen LogP) is 3.67. The molecule has 1 aromatic carbocycles. The summed E-state index contributed by atoms with van der Waals surface area (Å²) in [6.07, 6.45) is 3.61. The number of carbonyl (C=O) groups excluding carboxylic acids is 1. The van der Waals surface area contributed by atoms with Crippen molar-refractivity contribution in [2.45, 2.75) is 58.7 Å². The van der Waals surface area contributed by atoms with E-state index in [2.05, 4.69) is 71.1 Å². The van der Waals surface area contributed by atoms with Gasteiger partial charge in [-0.2, -0.15) is 0 Å². The monoisotopic (exact) mass is 353 g/mol. The molecule has 0 radical (unpaired) electrons. The Morgan fingerprint density at radius 2 is 1.69 bits per heavy atom. The highest BCUT2D eigenvalue weighted by molar-refractivity contribution is 5.76. The van der Waals surface area contributed by atoms with Gasteiger partial charge in [0.1, 0.15) is 0 Å². The summed E-state index contributed by atoms with van der Waals surface area (Å²) < 4.78 is 2.29. The summed E-state index contributed by atoms with van der Waals surface area (Å²) in [4.78, 5) is 14.7. The minimum absolute atomic E-state index is 0.203. The van der Waals surface area contributed by atoms with Crippen molar-refractivity contribution in [1.29, 1.82) is 0 Å². The number of rotatable bonds is 7. The van der Waals surface area contributed by atoms with E-state index in [0.717, 1.165) is 45.4 Å². The van der Waals surface area contributed by atoms with Gasteiger partial charge in [0, 0.05) is 50.0 Å². The first-order chi connectivity index (χ1) is 12.6. The fourth-order valence-corrected chi connectivity index (χ4v) is 3.83. The van der Waals surface area contributed by atoms with Crippen molar-refractivity contribution < 1.29 is 4.79 Å². The van der Waals surface area contributed by atoms with Gasteiger partial charge in [0.15, 0.2) is 0 Å². The maximum atomic E-state index is 12.2. The van der Waals surface area contributed by atoms with E-state index in [1.807, 2.05) is 0 Å². The van der Waals surface area contributed by atoms with Crippen LogP contribution in [0.1, 0.15) is 42.6 Å². The molecule has 26 heavy (non-hydrogen) atoms. The number of nitrogens with zero attached hydrogens (tertiary/aromatic N) is 2. The highest BCUT2D eigenvalue weighted by atomic mass is 16.1. The molecule has 2 aromatic rings. The van der Waals surface area contributed by atoms with Crippen molar-refractivity contribution in [2.75, 3.05) is 13.1 Å². The van der Waals surface area contributed by atoms with Crippen LogP contribution in [-0.2, 0) is 17.9 Å². The standard InChI is InChI=1S/C22H31N3O/c1-18-10-11-19(2)25(18)14-6-9-22(26)23-21-12-15-24(16-13-21)17-20-7-4-3-5-8-20/h3-5,7-8,10-11,21H,6,9,12-17H2,1-2H3,(H,23,26). The Bertz CT molecular complexity index is 680. The van der Waals surface area contributed by atoms with E-state index in [4.69, 9.17) is 0 Å². The van der Waals surface area contributed by atoms with Gasteiger partial charge in [0.05, 0.1) is 0 Å². The van der Waals surface area contributed by atoms with E-state index in [-0.39, 0.29) is 5.91 Å². The fraction of sp³-hybridized carbons (Fsp3) is 0.500. The number of hydrogen-bond donors (Lipinski definition) is 1. The molecule has 1 saturated heterocycles. The molecule has 3 rings (SSSR count). The molecule has 2 heterocycles. The van der Waals surface area contributed by atoms with Gasteiger partial charge in [0.25, 0.3) is 0 Å². The normalized spacial score (nSPS) is 15.9. The van der Waals surface area contributed by atoms with Crippen LogP contribution in [0.2, 0.25) is 0 Å². The Kier molecular flexibility index (Phi) is 6.51. The fourth-order valence-electron chi connectivity index (χ4n) is 3.83. The van der Waals surface area contributed by atoms with E-state index in [9.17, 15) is 4.79 Å². The summed E-state index contributed by atoms with van der Waals surface area (Å²) in [5.41, 5.74) is 3.91. The largest absolute Gasteiger partial charge is 0.353 e. The maximum absolute atomic E-state index is 12.2. The van der Waals surface area contributed by atoms with Crippen molar-refractivity contribution in [2.24, 2.45) is 0 Å². The van der Waals surface area contributed by atoms with Gasteiger partial charge in [0.2, 0.25) is 5.91 Å². The third-order valence-electron chi connectivity index (χ3n) is 5.40. The molecule has 1 aliphatic heterocycles. The van der Waals surface area contributed by atoms with Crippen LogP contribution >= 0.6 is 0 Å². The van der Waals surface area contributed by atoms with Gasteiger partial charge in [-0.25, -0.2) is 0 Å². The zero-order chi connectivity index (χ0) is 18.4. The SMILES string of the molecule is Cc1ccc(C)n1CCCC(=O)NC1CCN(Cc2ccccc2)CC1. The van der Waals surface area contributed by atoms with Gasteiger partial charge in [-0.05, 0) is 50.8 Å². The molecule has 1 fully saturated rings. The number of aromatic nitrogens is 1. The third kappa shape index (κ3) is 5.21. The second kappa shape index (κ2) is 9.04. The lowest BCUT2D eigenvalue weighted by molar-refractivity contribution is -0.122. The van der Waals surface area contributed by atoms with Gasteiger partial charge >= 0.3 is 0 Å². The average Bonchev–Trinajstić information content (AvgIpc) is 2.96. The number of carbonyl (C=O) groups is 1. The number of hydrogen-bond acceptors (Lipinski definition) is 2. The number of likely N-dealkylation sites (tertiary alicyclic amines) is 1. The van der Waals surface area contributed by atoms with Crippen molar-refractivity contribution >= 4 is 5.91 Å². The summed E-state index contributed by atoms with van der Waals surface area (Å²) in [7, 11) is 0. The number of piperidine rings is 1. The van der Waals surface area contributed by atoms with Crippen LogP contribution in [0.4, 0.5) is 0 Å². The Morgan fingerprint density at radius 1 is 1.04 bits per heavy atom. The number of aryl methyl sites for hydroxylation is 2. The Balaban J connectivity index is 1.34. The minimum atomic E-state index is 0.203. The molecule has 1 aliphatic rings. The summed E-state index contributed by atoms with van der Waals surface area (Å²) >= 11 is 0. The van der Waals surface area contributed by atoms with E-state index in [1.54, 1.807) is 0 Å². The lowest BCUT2D eigenvalue weighted by Crippen LogP contribution is -2.44. The van der Waals surface area contributed by atoms with Crippen LogP contribution in [0, 0.1) is 13.8 Å². The first-order valence-corrected chi connectivity index (χ1v) is 9.80. The Labute approximate surface area is 157 Å². The number of amides is 1. The smallest absolute Gasteiger partial charge is 0.220 e. The molecule has 0 atom stereocenters. The summed E-state index contributed by atoms with van der Waals surface area (Å²) in [6, 6.07) is 15.2. The van der Waals surface area contributed by atoms with Crippen LogP contribution < -0.4 is 5.32 Å². The maximum Gasteiger partial charge on any atom is 0.220 e. The van der Waals surface area contributed by atoms with Crippen LogP contribution in [0.5, 0.6) is 0 Å². The first-order valence-electron chi connectivity index (χ1n) is 9.80. The van der Waals surface area contributed by atoms with Crippen LogP contribution in [0.25, 0.3) is 0 Å². The molecular weight excluding hydrogens is 322 g/mol. The van der Waals surface area contributed by atoms with Crippen molar-refractivity contribution in [1.82, 2.24) is 14.8 Å². The summed E-state index contributed by atoms with van der Waals surface area (Å²) in [5, 5.41) is 3.24. The van der Waals surface area contributed by atoms with E-state index >= 15 is 0 Å². The first kappa shape index (κ1) is 18.7. The van der Waals surface area contributed by atoms with Gasteiger partial charge in [-0.3, -0.25) is 9.69 Å². The van der Waals surface area contributed by atoms with E-state index in [0.29, 0.717) is 12.5 Å². The molecular formula is C22H31N3O. The van der Waals surface area contributed by atoms with Crippen LogP contribution in [-0.4, -0.2) is 34.5 Å². The molecule has 1 N–H and O–H groups in total. The van der Waals surface area contributed by atoms with Gasteiger partial charge < -0.3 is 9.88 Å². The highest BCUT2D eigenvalue weighted by Crippen LogP contribution is 2.14. The molecule has 0 unspecified atom stereocenters. The molecule has 0 aliphatic carbocycles. The zero-order valence-electron chi connectivity index (χ0n) is 16.1. The molecule has 1 aromatic heterocycles. The number of nitrogens with one attached hydrogen (secondary N) is 1. The van der Waals surface area contributed by atoms with Gasteiger partial charge in [-0.15, -0.1) is 0 Å². The second-order valence-corrected chi connectivity index (χ2v) is 7.47. The van der Waals surface area contributed by atoms with Gasteiger partial charge in [-0.1, -0.05) is 30.3 Å². The Hall–Kier alpha value is -2.07. The second-order valence-electron chi connectivity index (χ2n) is 7.47. The molecule has 1 amide bonds. The summed E-state index contributed by atoms with van der Waals surface area (Å²) in [6.45, 7) is 8.29. The minimum Gasteiger partial charge on any atom is -0.353 e. The summed E-state index contributed by atoms with van der Waals surface area (Å²) in [5.74, 6) is 0.203. The third-order valence-corrected chi connectivity index (χ3v) is 5.40. The number of benzene rings is 1. The average molecular weight is 354 g/mol. The molecule has 4 heteroatoms. The molecule has 0 saturated carbocycles. The lowest BCUT2D eigenvalue weighted by atomic mass is 10.0. The topological polar surface area (TPSA) is 37.3 Å². The van der Waals surface area contributed by atoms with Crippen molar-refractivity contribution in [3.63, 3.8) is 0 Å².